The third-order valence-electron chi connectivity index (χ3n) is 4.32. The molecule has 0 spiro atoms. The van der Waals surface area contributed by atoms with Crippen LogP contribution in [0.1, 0.15) is 22.6 Å². The number of anilines is 1. The number of rotatable bonds is 8. The van der Waals surface area contributed by atoms with Crippen LogP contribution in [0, 0.1) is 6.92 Å². The van der Waals surface area contributed by atoms with Crippen molar-refractivity contribution in [3.8, 4) is 0 Å². The van der Waals surface area contributed by atoms with Gasteiger partial charge in [-0.05, 0) is 49.2 Å². The molecule has 0 saturated carbocycles. The molecule has 6 nitrogen and oxygen atoms in total. The fourth-order valence-electron chi connectivity index (χ4n) is 2.70. The van der Waals surface area contributed by atoms with Gasteiger partial charge in [-0.1, -0.05) is 6.07 Å². The van der Waals surface area contributed by atoms with Crippen molar-refractivity contribution in [2.24, 2.45) is 9.98 Å². The van der Waals surface area contributed by atoms with Crippen LogP contribution in [0.25, 0.3) is 5.70 Å². The van der Waals surface area contributed by atoms with Crippen LogP contribution < -0.4 is 15.5 Å². The number of aromatic nitrogens is 1. The van der Waals surface area contributed by atoms with Gasteiger partial charge in [0.15, 0.2) is 5.96 Å². The van der Waals surface area contributed by atoms with Crippen molar-refractivity contribution in [2.75, 3.05) is 30.9 Å². The molecular weight excluding hydrogens is 388 g/mol. The second kappa shape index (κ2) is 10.3. The van der Waals surface area contributed by atoms with Gasteiger partial charge in [-0.15, -0.1) is 23.1 Å². The van der Waals surface area contributed by atoms with Crippen molar-refractivity contribution in [3.63, 3.8) is 0 Å². The molecule has 0 atom stereocenters. The van der Waals surface area contributed by atoms with Crippen LogP contribution in [0.4, 0.5) is 5.82 Å². The Morgan fingerprint density at radius 1 is 1.46 bits per heavy atom. The van der Waals surface area contributed by atoms with Crippen LogP contribution in [-0.2, 0) is 6.54 Å². The van der Waals surface area contributed by atoms with Gasteiger partial charge in [0, 0.05) is 30.4 Å². The van der Waals surface area contributed by atoms with E-state index in [1.54, 1.807) is 23.1 Å². The molecule has 0 aliphatic carbocycles. The Bertz CT molecular complexity index is 858. The van der Waals surface area contributed by atoms with E-state index in [4.69, 9.17) is 4.98 Å². The fourth-order valence-corrected chi connectivity index (χ4v) is 4.32. The number of hydrogen-bond acceptors (Lipinski definition) is 8. The lowest BCUT2D eigenvalue weighted by molar-refractivity contribution is 0.718. The minimum atomic E-state index is 0.710. The van der Waals surface area contributed by atoms with Crippen molar-refractivity contribution >= 4 is 47.3 Å². The Labute approximate surface area is 174 Å². The number of aliphatic imine (C=N–C) groups is 2. The first-order valence-corrected chi connectivity index (χ1v) is 11.1. The van der Waals surface area contributed by atoms with Crippen LogP contribution in [0.15, 0.2) is 45.0 Å². The molecule has 148 valence electrons. The largest absolute Gasteiger partial charge is 0.356 e. The first kappa shape index (κ1) is 20.4. The maximum absolute atomic E-state index is 4.78. The molecule has 8 heteroatoms. The number of thioether (sulfide) groups is 1. The summed E-state index contributed by atoms with van der Waals surface area (Å²) in [6.07, 6.45) is 1.09. The summed E-state index contributed by atoms with van der Waals surface area (Å²) in [5.74, 6) is 2.50. The van der Waals surface area contributed by atoms with E-state index in [-0.39, 0.29) is 0 Å². The number of pyridine rings is 1. The fraction of sp³-hybridized carbons (Fsp3) is 0.350. The van der Waals surface area contributed by atoms with Crippen molar-refractivity contribution in [2.45, 2.75) is 19.9 Å². The highest BCUT2D eigenvalue weighted by molar-refractivity contribution is 8.02. The molecule has 0 amide bonds. The summed E-state index contributed by atoms with van der Waals surface area (Å²) in [5.41, 5.74) is 2.91. The minimum Gasteiger partial charge on any atom is -0.356 e. The van der Waals surface area contributed by atoms with Crippen LogP contribution in [0.2, 0.25) is 0 Å². The van der Waals surface area contributed by atoms with E-state index >= 15 is 0 Å². The molecule has 0 bridgehead atoms. The van der Waals surface area contributed by atoms with Crippen LogP contribution >= 0.6 is 23.1 Å². The van der Waals surface area contributed by atoms with Gasteiger partial charge in [-0.3, -0.25) is 9.98 Å². The Hall–Kier alpha value is -2.32. The number of nitrogens with zero attached hydrogens (tertiary/aromatic N) is 4. The molecule has 0 fully saturated rings. The number of aryl methyl sites for hydroxylation is 1. The lowest BCUT2D eigenvalue weighted by Crippen LogP contribution is -2.40. The Morgan fingerprint density at radius 2 is 2.36 bits per heavy atom. The number of guanidine groups is 1. The maximum Gasteiger partial charge on any atom is 0.191 e. The summed E-state index contributed by atoms with van der Waals surface area (Å²) in [6, 6.07) is 8.15. The Kier molecular flexibility index (Phi) is 7.50. The second-order valence-corrected chi connectivity index (χ2v) is 8.28. The quantitative estimate of drug-likeness (QED) is 0.392. The highest BCUT2D eigenvalue weighted by atomic mass is 32.2. The van der Waals surface area contributed by atoms with Crippen molar-refractivity contribution in [1.82, 2.24) is 15.6 Å². The molecule has 0 aromatic carbocycles. The predicted molar refractivity (Wildman–Crippen MR) is 123 cm³/mol. The van der Waals surface area contributed by atoms with Crippen molar-refractivity contribution in [3.05, 3.63) is 51.2 Å². The van der Waals surface area contributed by atoms with Gasteiger partial charge >= 0.3 is 0 Å². The average molecular weight is 415 g/mol. The molecule has 0 unspecified atom stereocenters. The van der Waals surface area contributed by atoms with E-state index in [0.29, 0.717) is 5.88 Å². The molecule has 2 aromatic heterocycles. The maximum atomic E-state index is 4.78. The van der Waals surface area contributed by atoms with E-state index in [2.05, 4.69) is 57.7 Å². The van der Waals surface area contributed by atoms with Gasteiger partial charge in [0.05, 0.1) is 23.8 Å². The SMILES string of the molecule is C=N/C(=C\SCNC1=NCCCN1)c1cccc(N(C)Cc2sccc2C)n1. The Balaban J connectivity index is 1.62. The lowest BCUT2D eigenvalue weighted by atomic mass is 10.2. The summed E-state index contributed by atoms with van der Waals surface area (Å²) in [7, 11) is 2.06. The second-order valence-electron chi connectivity index (χ2n) is 6.42. The van der Waals surface area contributed by atoms with Crippen LogP contribution in [-0.4, -0.2) is 43.7 Å². The molecule has 2 aromatic rings. The normalized spacial score (nSPS) is 14.2. The zero-order valence-corrected chi connectivity index (χ0v) is 17.9. The minimum absolute atomic E-state index is 0.710. The first-order valence-electron chi connectivity index (χ1n) is 9.19. The molecule has 1 aliphatic heterocycles. The predicted octanol–water partition coefficient (Wildman–Crippen LogP) is 3.72. The molecule has 1 aliphatic rings. The van der Waals surface area contributed by atoms with E-state index < -0.39 is 0 Å². The summed E-state index contributed by atoms with van der Waals surface area (Å²) in [4.78, 5) is 16.9. The first-order chi connectivity index (χ1) is 13.7. The zero-order valence-electron chi connectivity index (χ0n) is 16.3. The van der Waals surface area contributed by atoms with E-state index in [0.717, 1.165) is 49.2 Å². The van der Waals surface area contributed by atoms with E-state index in [1.807, 2.05) is 23.6 Å². The summed E-state index contributed by atoms with van der Waals surface area (Å²) in [5, 5.41) is 10.6. The molecule has 3 heterocycles. The number of hydrogen-bond donors (Lipinski definition) is 2. The lowest BCUT2D eigenvalue weighted by Gasteiger charge is -2.18. The van der Waals surface area contributed by atoms with Gasteiger partial charge in [-0.25, -0.2) is 4.98 Å². The molecule has 2 N–H and O–H groups in total. The molecular formula is C20H26N6S2. The van der Waals surface area contributed by atoms with E-state index in [1.165, 1.54) is 10.4 Å². The Morgan fingerprint density at radius 3 is 3.07 bits per heavy atom. The monoisotopic (exact) mass is 414 g/mol. The van der Waals surface area contributed by atoms with Crippen LogP contribution in [0.3, 0.4) is 0 Å². The average Bonchev–Trinajstić information content (AvgIpc) is 3.13. The van der Waals surface area contributed by atoms with Gasteiger partial charge in [0.1, 0.15) is 5.82 Å². The van der Waals surface area contributed by atoms with Gasteiger partial charge in [0.25, 0.3) is 0 Å². The number of nitrogens with one attached hydrogen (secondary N) is 2. The van der Waals surface area contributed by atoms with Crippen molar-refractivity contribution in [1.29, 1.82) is 0 Å². The van der Waals surface area contributed by atoms with Gasteiger partial charge in [0.2, 0.25) is 0 Å². The topological polar surface area (TPSA) is 64.9 Å². The van der Waals surface area contributed by atoms with Gasteiger partial charge < -0.3 is 15.5 Å². The molecule has 28 heavy (non-hydrogen) atoms. The highest BCUT2D eigenvalue weighted by Crippen LogP contribution is 2.23. The summed E-state index contributed by atoms with van der Waals surface area (Å²) in [6.45, 7) is 8.55. The number of thiophene rings is 1. The molecule has 3 rings (SSSR count). The molecule has 0 radical (unpaired) electrons. The summed E-state index contributed by atoms with van der Waals surface area (Å²) < 4.78 is 0. The third kappa shape index (κ3) is 5.59. The summed E-state index contributed by atoms with van der Waals surface area (Å²) >= 11 is 3.39. The highest BCUT2D eigenvalue weighted by Gasteiger charge is 2.09. The smallest absolute Gasteiger partial charge is 0.191 e. The van der Waals surface area contributed by atoms with Crippen molar-refractivity contribution < 1.29 is 0 Å². The third-order valence-corrected chi connectivity index (χ3v) is 6.03. The van der Waals surface area contributed by atoms with E-state index in [9.17, 15) is 0 Å². The standard InChI is InChI=1S/C20H26N6S2/c1-15-8-11-28-18(15)12-26(3)19-7-4-6-16(25-19)17(21-2)13-27-14-24-20-22-9-5-10-23-20/h4,6-8,11,13H,2,5,9-10,12,14H2,1,3H3,(H2,22,23,24)/b17-13-. The van der Waals surface area contributed by atoms with Crippen LogP contribution in [0.5, 0.6) is 0 Å². The molecule has 0 saturated heterocycles. The van der Waals surface area contributed by atoms with Gasteiger partial charge in [-0.2, -0.15) is 0 Å². The zero-order chi connectivity index (χ0) is 19.8.